The molecule has 3 fully saturated rings. The van der Waals surface area contributed by atoms with E-state index in [1.807, 2.05) is 71.1 Å². The molecule has 16 atom stereocenters. The van der Waals surface area contributed by atoms with Gasteiger partial charge in [0.15, 0.2) is 5.78 Å². The minimum Gasteiger partial charge on any atom is -0.461 e. The Kier molecular flexibility index (Phi) is 21.3. The Hall–Kier alpha value is -3.08. The molecule has 4 N–H and O–H groups in total. The molecule has 14 heteroatoms. The van der Waals surface area contributed by atoms with Crippen LogP contribution in [0.4, 0.5) is 0 Å². The Labute approximate surface area is 387 Å². The molecule has 0 radical (unpaired) electrons. The fourth-order valence-corrected chi connectivity index (χ4v) is 10.3. The molecule has 65 heavy (non-hydrogen) atoms. The summed E-state index contributed by atoms with van der Waals surface area (Å²) in [5.74, 6) is -6.78. The fraction of sp³-hybridized carbons (Fsp3) is 0.765. The maximum absolute atomic E-state index is 14.4. The van der Waals surface area contributed by atoms with Crippen LogP contribution in [0.1, 0.15) is 126 Å². The number of carbonyl (C=O) groups is 4. The lowest BCUT2D eigenvalue weighted by Gasteiger charge is -2.43. The van der Waals surface area contributed by atoms with Crippen molar-refractivity contribution < 1.29 is 63.3 Å². The van der Waals surface area contributed by atoms with Gasteiger partial charge in [-0.05, 0) is 113 Å². The second kappa shape index (κ2) is 25.3. The number of rotatable bonds is 6. The Morgan fingerprint density at radius 2 is 1.52 bits per heavy atom. The number of ether oxygens (including phenoxy) is 5. The molecule has 1 amide bonds. The third-order valence-corrected chi connectivity index (χ3v) is 14.6. The molecule has 14 nitrogen and oxygen atoms in total. The number of fused-ring (bicyclic) bond motifs is 3. The first-order valence-corrected chi connectivity index (χ1v) is 24.1. The molecule has 3 aliphatic heterocycles. The van der Waals surface area contributed by atoms with E-state index in [1.165, 1.54) is 7.11 Å². The molecule has 2 bridgehead atoms. The third kappa shape index (κ3) is 14.7. The first kappa shape index (κ1) is 54.5. The monoisotopic (exact) mass is 916 g/mol. The molecular weight excluding hydrogens is 835 g/mol. The van der Waals surface area contributed by atoms with Gasteiger partial charge in [0.1, 0.15) is 24.4 Å². The summed E-state index contributed by atoms with van der Waals surface area (Å²) in [6, 6.07) is -1.29. The number of allylic oxidation sites excluding steroid dienone is 6. The summed E-state index contributed by atoms with van der Waals surface area (Å²) in [6.45, 7) is 13.1. The molecule has 1 aliphatic carbocycles. The van der Waals surface area contributed by atoms with E-state index in [0.29, 0.717) is 63.4 Å². The molecule has 1 unspecified atom stereocenters. The number of cyclic esters (lactones) is 1. The zero-order valence-corrected chi connectivity index (χ0v) is 40.7. The van der Waals surface area contributed by atoms with Crippen molar-refractivity contribution in [2.75, 3.05) is 27.9 Å². The lowest BCUT2D eigenvalue weighted by atomic mass is 9.78. The van der Waals surface area contributed by atoms with Gasteiger partial charge in [-0.15, -0.1) is 0 Å². The van der Waals surface area contributed by atoms with Crippen LogP contribution in [0.2, 0.25) is 0 Å². The maximum Gasteiger partial charge on any atom is 0.329 e. The molecule has 4 aliphatic rings. The minimum atomic E-state index is -2.45. The fourth-order valence-electron chi connectivity index (χ4n) is 10.3. The highest BCUT2D eigenvalue weighted by molar-refractivity contribution is 6.39. The number of hydrogen-bond donors (Lipinski definition) is 4. The van der Waals surface area contributed by atoms with Crippen LogP contribution in [0.15, 0.2) is 47.6 Å². The van der Waals surface area contributed by atoms with Crippen LogP contribution in [-0.4, -0.2) is 137 Å². The number of carbonyl (C=O) groups excluding carboxylic acids is 4. The van der Waals surface area contributed by atoms with Crippen molar-refractivity contribution in [3.8, 4) is 0 Å². The summed E-state index contributed by atoms with van der Waals surface area (Å²) in [7, 11) is 4.59. The molecule has 0 aromatic heterocycles. The van der Waals surface area contributed by atoms with Crippen molar-refractivity contribution in [2.24, 2.45) is 35.5 Å². The van der Waals surface area contributed by atoms with E-state index in [4.69, 9.17) is 23.7 Å². The number of aliphatic hydroxyl groups is 4. The molecule has 3 heterocycles. The van der Waals surface area contributed by atoms with Gasteiger partial charge in [-0.1, -0.05) is 71.1 Å². The second-order valence-electron chi connectivity index (χ2n) is 19.9. The van der Waals surface area contributed by atoms with Crippen LogP contribution in [0.25, 0.3) is 0 Å². The summed E-state index contributed by atoms with van der Waals surface area (Å²) < 4.78 is 29.5. The zero-order chi connectivity index (χ0) is 48.2. The Morgan fingerprint density at radius 3 is 2.20 bits per heavy atom. The van der Waals surface area contributed by atoms with Gasteiger partial charge in [0.2, 0.25) is 5.79 Å². The first-order valence-electron chi connectivity index (χ1n) is 24.1. The highest BCUT2D eigenvalue weighted by Gasteiger charge is 2.53. The van der Waals surface area contributed by atoms with Gasteiger partial charge >= 0.3 is 5.97 Å². The highest BCUT2D eigenvalue weighted by atomic mass is 16.6. The number of aliphatic hydroxyl groups excluding tert-OH is 3. The van der Waals surface area contributed by atoms with Crippen LogP contribution in [0.3, 0.4) is 0 Å². The topological polar surface area (TPSA) is 199 Å². The molecule has 0 aromatic rings. The number of hydrogen-bond acceptors (Lipinski definition) is 13. The van der Waals surface area contributed by atoms with E-state index in [1.54, 1.807) is 28.1 Å². The van der Waals surface area contributed by atoms with Crippen LogP contribution >= 0.6 is 0 Å². The normalized spacial score (nSPS) is 41.5. The quantitative estimate of drug-likeness (QED) is 0.138. The van der Waals surface area contributed by atoms with Gasteiger partial charge in [0.05, 0.1) is 30.5 Å². The van der Waals surface area contributed by atoms with E-state index < -0.39 is 78.1 Å². The molecule has 0 spiro atoms. The molecule has 1 saturated carbocycles. The van der Waals surface area contributed by atoms with Crippen molar-refractivity contribution in [2.45, 2.75) is 186 Å². The second-order valence-corrected chi connectivity index (χ2v) is 19.9. The first-order chi connectivity index (χ1) is 30.7. The van der Waals surface area contributed by atoms with Gasteiger partial charge in [0, 0.05) is 52.6 Å². The van der Waals surface area contributed by atoms with Gasteiger partial charge in [-0.2, -0.15) is 0 Å². The third-order valence-electron chi connectivity index (χ3n) is 14.6. The summed E-state index contributed by atoms with van der Waals surface area (Å²) in [5, 5.41) is 44.7. The van der Waals surface area contributed by atoms with Gasteiger partial charge in [-0.25, -0.2) is 4.79 Å². The lowest BCUT2D eigenvalue weighted by Crippen LogP contribution is -2.61. The molecular formula is C51H81NO13. The number of nitrogens with zero attached hydrogens (tertiary/aromatic N) is 1. The number of amides is 1. The van der Waals surface area contributed by atoms with E-state index in [0.717, 1.165) is 16.9 Å². The standard InChI is InChI=1S/C51H81NO13/c1-30-14-12-11-13-15-32(3)43(61-8)29-39-19-17-36(7)51(60,65-39)48(57)49(58)52-23-22-38(53)28-40(52)50(59)64-42(33(4)26-37-18-20-41(54)44(27-37)62-9)21-16-31(2)25-35(6)46(56)47(63-10)45(55)34(5)24-30/h11-15,25,30-31,33-34,36-44,46-47,53-54,56,60H,16-24,26-29H2,1-10H3/b13-11+,14-12+,32-15+,35-25+/t30-,31+,33-,34-,36-,37+,38?,39+,40+,41-,42+,43+,44-,46-,47+,51-/m1/s1. The molecule has 4 rings (SSSR count). The van der Waals surface area contributed by atoms with Crippen molar-refractivity contribution in [3.05, 3.63) is 47.6 Å². The highest BCUT2D eigenvalue weighted by Crippen LogP contribution is 2.38. The van der Waals surface area contributed by atoms with Crippen molar-refractivity contribution in [1.29, 1.82) is 0 Å². The van der Waals surface area contributed by atoms with E-state index in [2.05, 4.69) is 0 Å². The van der Waals surface area contributed by atoms with E-state index in [9.17, 15) is 39.6 Å². The van der Waals surface area contributed by atoms with Crippen LogP contribution in [0, 0.1) is 35.5 Å². The number of piperidine rings is 1. The average Bonchev–Trinajstić information content (AvgIpc) is 3.27. The van der Waals surface area contributed by atoms with Gasteiger partial charge in [-0.3, -0.25) is 14.4 Å². The average molecular weight is 916 g/mol. The Bertz CT molecular complexity index is 1710. The largest absolute Gasteiger partial charge is 0.461 e. The van der Waals surface area contributed by atoms with E-state index in [-0.39, 0.29) is 60.9 Å². The zero-order valence-electron chi connectivity index (χ0n) is 40.7. The minimum absolute atomic E-state index is 0.0540. The van der Waals surface area contributed by atoms with Crippen LogP contribution in [0.5, 0.6) is 0 Å². The SMILES string of the molecule is CO[C@H]1C[C@@H]2CC[C@@H](C)[C@@](O)(O2)C(=O)C(=O)N2CCC(O)C[C@H]2C(=O)O[C@H]([C@H](C)C[C@@H]2CC[C@@H](O)[C@H](OC)C2)CC[C@H](C)/C=C(\C)[C@@H](O)[C@@H](OC)C(=O)[C@H](C)C[C@H](C)/C=C/C=C/C=C/1C. The van der Waals surface area contributed by atoms with Gasteiger partial charge < -0.3 is 49.0 Å². The predicted molar refractivity (Wildman–Crippen MR) is 246 cm³/mol. The molecule has 0 aromatic carbocycles. The van der Waals surface area contributed by atoms with Crippen molar-refractivity contribution >= 4 is 23.4 Å². The molecule has 2 saturated heterocycles. The van der Waals surface area contributed by atoms with Crippen molar-refractivity contribution in [3.63, 3.8) is 0 Å². The number of methoxy groups -OCH3 is 3. The summed E-state index contributed by atoms with van der Waals surface area (Å²) in [4.78, 5) is 57.7. The number of ketones is 2. The lowest BCUT2D eigenvalue weighted by molar-refractivity contribution is -0.265. The Morgan fingerprint density at radius 1 is 0.800 bits per heavy atom. The van der Waals surface area contributed by atoms with Crippen molar-refractivity contribution in [1.82, 2.24) is 4.90 Å². The predicted octanol–water partition coefficient (Wildman–Crippen LogP) is 5.97. The summed E-state index contributed by atoms with van der Waals surface area (Å²) >= 11 is 0. The van der Waals surface area contributed by atoms with E-state index >= 15 is 0 Å². The summed E-state index contributed by atoms with van der Waals surface area (Å²) in [6.07, 6.45) is 11.2. The Balaban J connectivity index is 1.69. The van der Waals surface area contributed by atoms with Gasteiger partial charge in [0.25, 0.3) is 11.7 Å². The molecule has 368 valence electrons. The number of Topliss-reactive ketones (excluding diaryl/α,β-unsaturated/α-hetero) is 2. The van der Waals surface area contributed by atoms with Crippen LogP contribution in [-0.2, 0) is 42.9 Å². The van der Waals surface area contributed by atoms with Crippen LogP contribution < -0.4 is 0 Å². The smallest absolute Gasteiger partial charge is 0.329 e. The summed E-state index contributed by atoms with van der Waals surface area (Å²) in [5.41, 5.74) is 1.46. The maximum atomic E-state index is 14.4. The number of esters is 1.